The number of hydrogen-bond acceptors (Lipinski definition) is 2. The molecular weight excluding hydrogens is 375 g/mol. The molecule has 0 aromatic heterocycles. The quantitative estimate of drug-likeness (QED) is 0.433. The fourth-order valence-electron chi connectivity index (χ4n) is 3.20. The number of halogens is 1. The summed E-state index contributed by atoms with van der Waals surface area (Å²) in [6, 6.07) is 0. The maximum atomic E-state index is 4.49. The van der Waals surface area contributed by atoms with Gasteiger partial charge in [-0.15, -0.1) is 24.0 Å². The van der Waals surface area contributed by atoms with E-state index in [-0.39, 0.29) is 29.5 Å². The molecule has 2 heterocycles. The molecule has 124 valence electrons. The molecule has 0 saturated carbocycles. The number of piperidine rings is 1. The van der Waals surface area contributed by atoms with Gasteiger partial charge in [-0.1, -0.05) is 13.8 Å². The summed E-state index contributed by atoms with van der Waals surface area (Å²) in [6.07, 6.45) is 2.60. The second-order valence-corrected chi connectivity index (χ2v) is 7.70. The van der Waals surface area contributed by atoms with E-state index in [0.29, 0.717) is 5.41 Å². The second-order valence-electron chi connectivity index (χ2n) is 7.70. The molecule has 0 spiro atoms. The van der Waals surface area contributed by atoms with E-state index in [1.54, 1.807) is 0 Å². The first kappa shape index (κ1) is 19.0. The lowest BCUT2D eigenvalue weighted by molar-refractivity contribution is -0.0668. The predicted molar refractivity (Wildman–Crippen MR) is 102 cm³/mol. The number of guanidine groups is 1. The van der Waals surface area contributed by atoms with Gasteiger partial charge in [0.05, 0.1) is 0 Å². The maximum absolute atomic E-state index is 4.49. The van der Waals surface area contributed by atoms with E-state index < -0.39 is 0 Å². The van der Waals surface area contributed by atoms with Crippen LogP contribution in [0.5, 0.6) is 0 Å². The van der Waals surface area contributed by atoms with Crippen LogP contribution in [0.3, 0.4) is 0 Å². The summed E-state index contributed by atoms with van der Waals surface area (Å²) in [6.45, 7) is 13.9. The molecular formula is C16H33IN4. The van der Waals surface area contributed by atoms with Crippen molar-refractivity contribution in [2.24, 2.45) is 16.3 Å². The first-order chi connectivity index (χ1) is 9.28. The van der Waals surface area contributed by atoms with Crippen LogP contribution in [-0.2, 0) is 0 Å². The zero-order valence-electron chi connectivity index (χ0n) is 14.6. The van der Waals surface area contributed by atoms with Gasteiger partial charge in [0.25, 0.3) is 0 Å². The number of likely N-dealkylation sites (tertiary alicyclic amines) is 2. The molecule has 1 N–H and O–H groups in total. The summed E-state index contributed by atoms with van der Waals surface area (Å²) in [4.78, 5) is 9.33. The Hall–Kier alpha value is -0.0400. The van der Waals surface area contributed by atoms with Gasteiger partial charge < -0.3 is 15.1 Å². The number of aliphatic imine (C=N–C) groups is 1. The zero-order valence-corrected chi connectivity index (χ0v) is 16.9. The standard InChI is InChI=1S/C16H32N4.HI/c1-15(2)12-20(16(15,3)4)14(17-5)18-11-13-7-9-19(6)10-8-13;/h13H,7-12H2,1-6H3,(H,17,18);1H. The molecule has 2 aliphatic heterocycles. The third kappa shape index (κ3) is 3.84. The van der Waals surface area contributed by atoms with Crippen molar-refractivity contribution in [3.8, 4) is 0 Å². The first-order valence-corrected chi connectivity index (χ1v) is 7.95. The minimum atomic E-state index is 0. The molecule has 0 amide bonds. The molecule has 0 unspecified atom stereocenters. The summed E-state index contributed by atoms with van der Waals surface area (Å²) in [5.74, 6) is 1.87. The predicted octanol–water partition coefficient (Wildman–Crippen LogP) is 2.64. The number of nitrogens with one attached hydrogen (secondary N) is 1. The lowest BCUT2D eigenvalue weighted by atomic mass is 9.65. The lowest BCUT2D eigenvalue weighted by Crippen LogP contribution is -2.72. The van der Waals surface area contributed by atoms with Gasteiger partial charge >= 0.3 is 0 Å². The largest absolute Gasteiger partial charge is 0.356 e. The normalized spacial score (nSPS) is 26.0. The lowest BCUT2D eigenvalue weighted by Gasteiger charge is -2.62. The molecule has 0 radical (unpaired) electrons. The average molecular weight is 408 g/mol. The fraction of sp³-hybridized carbons (Fsp3) is 0.938. The molecule has 2 rings (SSSR count). The van der Waals surface area contributed by atoms with Crippen molar-refractivity contribution in [2.45, 2.75) is 46.1 Å². The molecule has 0 aromatic carbocycles. The minimum absolute atomic E-state index is 0. The second kappa shape index (κ2) is 7.02. The monoisotopic (exact) mass is 408 g/mol. The Bertz CT molecular complexity index is 370. The van der Waals surface area contributed by atoms with Crippen LogP contribution in [0.2, 0.25) is 0 Å². The van der Waals surface area contributed by atoms with E-state index in [1.165, 1.54) is 25.9 Å². The van der Waals surface area contributed by atoms with Gasteiger partial charge in [0.2, 0.25) is 0 Å². The average Bonchev–Trinajstić information content (AvgIpc) is 2.40. The summed E-state index contributed by atoms with van der Waals surface area (Å²) in [7, 11) is 4.12. The summed E-state index contributed by atoms with van der Waals surface area (Å²) < 4.78 is 0. The summed E-state index contributed by atoms with van der Waals surface area (Å²) >= 11 is 0. The van der Waals surface area contributed by atoms with Crippen LogP contribution in [0.15, 0.2) is 4.99 Å². The zero-order chi connectivity index (χ0) is 15.0. The van der Waals surface area contributed by atoms with Crippen LogP contribution < -0.4 is 5.32 Å². The summed E-state index contributed by atoms with van der Waals surface area (Å²) in [5.41, 5.74) is 0.541. The van der Waals surface area contributed by atoms with Crippen molar-refractivity contribution in [3.63, 3.8) is 0 Å². The molecule has 4 nitrogen and oxygen atoms in total. The molecule has 21 heavy (non-hydrogen) atoms. The highest BCUT2D eigenvalue weighted by molar-refractivity contribution is 14.0. The van der Waals surface area contributed by atoms with Crippen LogP contribution >= 0.6 is 24.0 Å². The van der Waals surface area contributed by atoms with E-state index >= 15 is 0 Å². The van der Waals surface area contributed by atoms with Crippen molar-refractivity contribution < 1.29 is 0 Å². The highest BCUT2D eigenvalue weighted by Gasteiger charge is 2.53. The van der Waals surface area contributed by atoms with E-state index in [9.17, 15) is 0 Å². The Balaban J connectivity index is 0.00000220. The van der Waals surface area contributed by atoms with Crippen molar-refractivity contribution in [1.82, 2.24) is 15.1 Å². The number of nitrogens with zero attached hydrogens (tertiary/aromatic N) is 3. The van der Waals surface area contributed by atoms with Crippen molar-refractivity contribution in [3.05, 3.63) is 0 Å². The van der Waals surface area contributed by atoms with Crippen molar-refractivity contribution >= 4 is 29.9 Å². The van der Waals surface area contributed by atoms with Gasteiger partial charge in [0.1, 0.15) is 0 Å². The topological polar surface area (TPSA) is 30.9 Å². The van der Waals surface area contributed by atoms with Gasteiger partial charge in [0.15, 0.2) is 5.96 Å². The molecule has 0 bridgehead atoms. The van der Waals surface area contributed by atoms with Crippen molar-refractivity contribution in [2.75, 3.05) is 40.3 Å². The van der Waals surface area contributed by atoms with E-state index in [4.69, 9.17) is 0 Å². The van der Waals surface area contributed by atoms with E-state index in [0.717, 1.165) is 25.0 Å². The Morgan fingerprint density at radius 3 is 2.19 bits per heavy atom. The first-order valence-electron chi connectivity index (χ1n) is 7.95. The summed E-state index contributed by atoms with van der Waals surface area (Å²) in [5, 5.41) is 3.61. The molecule has 2 saturated heterocycles. The smallest absolute Gasteiger partial charge is 0.194 e. The molecule has 0 aliphatic carbocycles. The highest BCUT2D eigenvalue weighted by Crippen LogP contribution is 2.46. The molecule has 2 fully saturated rings. The SMILES string of the molecule is CN=C(NCC1CCN(C)CC1)N1CC(C)(C)C1(C)C.I. The maximum Gasteiger partial charge on any atom is 0.194 e. The molecule has 0 aromatic rings. The van der Waals surface area contributed by atoms with Crippen LogP contribution in [0.4, 0.5) is 0 Å². The Labute approximate surface area is 147 Å². The molecule has 2 aliphatic rings. The van der Waals surface area contributed by atoms with E-state index in [1.807, 2.05) is 7.05 Å². The van der Waals surface area contributed by atoms with E-state index in [2.05, 4.69) is 54.9 Å². The van der Waals surface area contributed by atoms with Crippen LogP contribution in [0, 0.1) is 11.3 Å². The highest BCUT2D eigenvalue weighted by atomic mass is 127. The van der Waals surface area contributed by atoms with Gasteiger partial charge in [0, 0.05) is 31.1 Å². The molecule has 5 heteroatoms. The van der Waals surface area contributed by atoms with Gasteiger partial charge in [-0.25, -0.2) is 0 Å². The Morgan fingerprint density at radius 1 is 1.19 bits per heavy atom. The van der Waals surface area contributed by atoms with Gasteiger partial charge in [-0.05, 0) is 52.7 Å². The van der Waals surface area contributed by atoms with Crippen molar-refractivity contribution in [1.29, 1.82) is 0 Å². The third-order valence-electron chi connectivity index (χ3n) is 5.74. The third-order valence-corrected chi connectivity index (χ3v) is 5.74. The number of rotatable bonds is 2. The van der Waals surface area contributed by atoms with Crippen LogP contribution in [0.25, 0.3) is 0 Å². The van der Waals surface area contributed by atoms with Gasteiger partial charge in [-0.2, -0.15) is 0 Å². The van der Waals surface area contributed by atoms with Gasteiger partial charge in [-0.3, -0.25) is 4.99 Å². The minimum Gasteiger partial charge on any atom is -0.356 e. The Morgan fingerprint density at radius 2 is 1.76 bits per heavy atom. The number of hydrogen-bond donors (Lipinski definition) is 1. The molecule has 0 atom stereocenters. The fourth-order valence-corrected chi connectivity index (χ4v) is 3.20. The Kier molecular flexibility index (Phi) is 6.36. The van der Waals surface area contributed by atoms with Crippen LogP contribution in [-0.4, -0.2) is 61.6 Å². The van der Waals surface area contributed by atoms with Crippen LogP contribution in [0.1, 0.15) is 40.5 Å².